The van der Waals surface area contributed by atoms with E-state index >= 15 is 0 Å². The third-order valence-corrected chi connectivity index (χ3v) is 12.6. The van der Waals surface area contributed by atoms with Crippen molar-refractivity contribution in [3.8, 4) is 17.2 Å². The maximum absolute atomic E-state index is 14.1. The van der Waals surface area contributed by atoms with E-state index in [4.69, 9.17) is 9.47 Å². The van der Waals surface area contributed by atoms with E-state index in [9.17, 15) is 29.7 Å². The fraction of sp³-hybridized carbons (Fsp3) is 0.314. The maximum atomic E-state index is 14.1. The van der Waals surface area contributed by atoms with E-state index in [1.54, 1.807) is 29.0 Å². The van der Waals surface area contributed by atoms with Crippen molar-refractivity contribution in [3.63, 3.8) is 0 Å². The minimum absolute atomic E-state index is 0.0687. The fourth-order valence-electron chi connectivity index (χ4n) is 9.25. The molecule has 13 nitrogen and oxygen atoms in total. The monoisotopic (exact) mass is 865 g/mol. The molecular weight excluding hydrogens is 811 g/mol. The number of ether oxygens (including phenoxy) is 2. The molecule has 3 aliphatic rings. The summed E-state index contributed by atoms with van der Waals surface area (Å²) in [6.45, 7) is 4.57. The molecule has 0 radical (unpaired) electrons. The standard InChI is InChI=1S/C51H55N5O8/c1-63-40-12-5-8-35(28-40)31-55(25-7-24-52-30-46(58)42-18-20-45(57)48-43(42)19-21-47(59)53-48)50(60)38-16-14-34(15-17-38)33-64-41-13-6-11-39(29-41)49(37-9-3-2-4-10-37)56(51(61)62)44-32-54-26-22-36(44)23-27-54/h2-6,8-21,28-29,36,44,46,49,52,57-58H,7,22-27,30-33H2,1H3,(H,53,59)(H,61,62)/t44?,46?,49-/m0/s1. The van der Waals surface area contributed by atoms with E-state index in [1.165, 1.54) is 12.1 Å². The lowest BCUT2D eigenvalue weighted by atomic mass is 9.81. The number of phenolic OH excluding ortho intramolecular Hbond substituents is 1. The number of rotatable bonds is 18. The van der Waals surface area contributed by atoms with Crippen LogP contribution in [0, 0.1) is 5.92 Å². The largest absolute Gasteiger partial charge is 0.506 e. The van der Waals surface area contributed by atoms with E-state index < -0.39 is 18.2 Å². The van der Waals surface area contributed by atoms with Crippen LogP contribution in [0.15, 0.2) is 132 Å². The van der Waals surface area contributed by atoms with Crippen LogP contribution in [-0.2, 0) is 13.2 Å². The van der Waals surface area contributed by atoms with Gasteiger partial charge in [-0.3, -0.25) is 14.5 Å². The predicted octanol–water partition coefficient (Wildman–Crippen LogP) is 7.34. The minimum atomic E-state index is -0.927. The highest BCUT2D eigenvalue weighted by Gasteiger charge is 2.43. The van der Waals surface area contributed by atoms with Crippen LogP contribution < -0.4 is 20.3 Å². The number of aliphatic hydroxyl groups excluding tert-OH is 1. The molecule has 2 bridgehead atoms. The second-order valence-corrected chi connectivity index (χ2v) is 16.7. The number of aliphatic hydroxyl groups is 1. The van der Waals surface area contributed by atoms with Crippen LogP contribution in [0.3, 0.4) is 0 Å². The molecule has 3 atom stereocenters. The van der Waals surface area contributed by atoms with Gasteiger partial charge in [0.2, 0.25) is 5.56 Å². The number of carbonyl (C=O) groups is 2. The normalized spacial score (nSPS) is 17.7. The van der Waals surface area contributed by atoms with Gasteiger partial charge < -0.3 is 44.9 Å². The van der Waals surface area contributed by atoms with Gasteiger partial charge in [0.1, 0.15) is 23.9 Å². The van der Waals surface area contributed by atoms with Gasteiger partial charge in [0.05, 0.1) is 30.8 Å². The molecule has 3 aliphatic heterocycles. The molecule has 2 amide bonds. The van der Waals surface area contributed by atoms with Crippen molar-refractivity contribution in [2.45, 2.75) is 50.6 Å². The summed E-state index contributed by atoms with van der Waals surface area (Å²) in [5.41, 5.74) is 4.59. The number of methoxy groups -OCH3 is 1. The Balaban J connectivity index is 0.920. The van der Waals surface area contributed by atoms with Crippen LogP contribution in [0.25, 0.3) is 10.9 Å². The van der Waals surface area contributed by atoms with Gasteiger partial charge in [0.15, 0.2) is 0 Å². The molecule has 332 valence electrons. The molecule has 6 aromatic rings. The van der Waals surface area contributed by atoms with Gasteiger partial charge in [0.25, 0.3) is 5.91 Å². The van der Waals surface area contributed by atoms with Crippen molar-refractivity contribution in [3.05, 3.63) is 171 Å². The first kappa shape index (κ1) is 44.0. The zero-order valence-corrected chi connectivity index (χ0v) is 35.9. The van der Waals surface area contributed by atoms with E-state index in [0.717, 1.165) is 54.7 Å². The quantitative estimate of drug-likeness (QED) is 0.0552. The van der Waals surface area contributed by atoms with Gasteiger partial charge in [0, 0.05) is 43.2 Å². The fourth-order valence-corrected chi connectivity index (χ4v) is 9.25. The molecular formula is C51H55N5O8. The van der Waals surface area contributed by atoms with Crippen LogP contribution in [0.2, 0.25) is 0 Å². The summed E-state index contributed by atoms with van der Waals surface area (Å²) < 4.78 is 11.8. The lowest BCUT2D eigenvalue weighted by Crippen LogP contribution is -2.59. The highest BCUT2D eigenvalue weighted by Crippen LogP contribution is 2.39. The first-order chi connectivity index (χ1) is 31.1. The number of nitrogens with one attached hydrogen (secondary N) is 2. The molecule has 5 N–H and O–H groups in total. The number of benzene rings is 5. The van der Waals surface area contributed by atoms with Gasteiger partial charge in [-0.1, -0.05) is 72.8 Å². The Labute approximate surface area is 372 Å². The van der Waals surface area contributed by atoms with E-state index in [0.29, 0.717) is 60.0 Å². The summed E-state index contributed by atoms with van der Waals surface area (Å²) in [6.07, 6.45) is 0.780. The van der Waals surface area contributed by atoms with Crippen molar-refractivity contribution < 1.29 is 34.4 Å². The minimum Gasteiger partial charge on any atom is -0.506 e. The number of aromatic amines is 1. The SMILES string of the molecule is COc1cccc(CN(CCCNCC(O)c2ccc(O)c3[nH]c(=O)ccc23)C(=O)c2ccc(COc3cccc([C@H](c4ccccc4)N(C(=O)O)C4CN5CCC4CC5)c3)cc2)c1. The summed E-state index contributed by atoms with van der Waals surface area (Å²) in [4.78, 5) is 47.5. The van der Waals surface area contributed by atoms with Crippen molar-refractivity contribution in [2.24, 2.45) is 5.92 Å². The highest BCUT2D eigenvalue weighted by molar-refractivity contribution is 5.94. The average Bonchev–Trinajstić information content (AvgIpc) is 3.32. The molecule has 2 unspecified atom stereocenters. The van der Waals surface area contributed by atoms with Crippen molar-refractivity contribution in [1.29, 1.82) is 0 Å². The number of phenols is 1. The van der Waals surface area contributed by atoms with Crippen molar-refractivity contribution in [1.82, 2.24) is 25.0 Å². The van der Waals surface area contributed by atoms with Crippen LogP contribution >= 0.6 is 0 Å². The second kappa shape index (κ2) is 20.2. The second-order valence-electron chi connectivity index (χ2n) is 16.7. The Morgan fingerprint density at radius 3 is 2.34 bits per heavy atom. The number of carbonyl (C=O) groups excluding carboxylic acids is 1. The Morgan fingerprint density at radius 2 is 1.61 bits per heavy atom. The van der Waals surface area contributed by atoms with Crippen LogP contribution in [0.1, 0.15) is 69.6 Å². The van der Waals surface area contributed by atoms with E-state index in [2.05, 4.69) is 15.2 Å². The Bertz CT molecular complexity index is 2600. The lowest BCUT2D eigenvalue weighted by molar-refractivity contribution is -0.000814. The van der Waals surface area contributed by atoms with Crippen LogP contribution in [-0.4, -0.2) is 99.4 Å². The number of piperidine rings is 3. The van der Waals surface area contributed by atoms with Crippen molar-refractivity contribution in [2.75, 3.05) is 46.4 Å². The number of aromatic nitrogens is 1. The number of H-pyrrole nitrogens is 1. The maximum Gasteiger partial charge on any atom is 0.408 e. The third kappa shape index (κ3) is 10.2. The lowest BCUT2D eigenvalue weighted by Gasteiger charge is -2.50. The van der Waals surface area contributed by atoms with Gasteiger partial charge >= 0.3 is 6.09 Å². The smallest absolute Gasteiger partial charge is 0.408 e. The zero-order valence-electron chi connectivity index (χ0n) is 35.9. The topological polar surface area (TPSA) is 168 Å². The van der Waals surface area contributed by atoms with E-state index in [-0.39, 0.29) is 41.9 Å². The number of carboxylic acid groups (broad SMARTS) is 1. The summed E-state index contributed by atoms with van der Waals surface area (Å²) in [7, 11) is 1.61. The predicted molar refractivity (Wildman–Crippen MR) is 245 cm³/mol. The number of aromatic hydroxyl groups is 1. The summed E-state index contributed by atoms with van der Waals surface area (Å²) in [5, 5.41) is 35.9. The number of nitrogens with zero attached hydrogens (tertiary/aromatic N) is 3. The molecule has 3 fully saturated rings. The molecule has 64 heavy (non-hydrogen) atoms. The Morgan fingerprint density at radius 1 is 0.859 bits per heavy atom. The zero-order chi connectivity index (χ0) is 44.6. The molecule has 3 saturated heterocycles. The summed E-state index contributed by atoms with van der Waals surface area (Å²) in [5.74, 6) is 1.45. The number of amides is 2. The van der Waals surface area contributed by atoms with Crippen LogP contribution in [0.5, 0.6) is 17.2 Å². The molecule has 0 saturated carbocycles. The number of pyridine rings is 1. The third-order valence-electron chi connectivity index (χ3n) is 12.6. The van der Waals surface area contributed by atoms with Gasteiger partial charge in [-0.25, -0.2) is 4.79 Å². The number of hydrogen-bond acceptors (Lipinski definition) is 9. The molecule has 0 spiro atoms. The van der Waals surface area contributed by atoms with Gasteiger partial charge in [-0.15, -0.1) is 0 Å². The number of fused-ring (bicyclic) bond motifs is 4. The number of hydrogen-bond donors (Lipinski definition) is 5. The molecule has 1 aromatic heterocycles. The Kier molecular flexibility index (Phi) is 13.9. The molecule has 13 heteroatoms. The van der Waals surface area contributed by atoms with Gasteiger partial charge in [-0.05, 0) is 121 Å². The summed E-state index contributed by atoms with van der Waals surface area (Å²) >= 11 is 0. The Hall–Kier alpha value is -6.67. The molecule has 4 heterocycles. The van der Waals surface area contributed by atoms with Gasteiger partial charge in [-0.2, -0.15) is 0 Å². The molecule has 9 rings (SSSR count). The molecule has 0 aliphatic carbocycles. The average molecular weight is 866 g/mol. The first-order valence-electron chi connectivity index (χ1n) is 21.9. The first-order valence-corrected chi connectivity index (χ1v) is 21.9. The van der Waals surface area contributed by atoms with Crippen molar-refractivity contribution >= 4 is 22.9 Å². The highest BCUT2D eigenvalue weighted by atomic mass is 16.5. The summed E-state index contributed by atoms with van der Waals surface area (Å²) in [6, 6.07) is 38.0. The van der Waals surface area contributed by atoms with Crippen LogP contribution in [0.4, 0.5) is 4.79 Å². The van der Waals surface area contributed by atoms with E-state index in [1.807, 2.05) is 103 Å². The molecule has 5 aromatic carbocycles.